The van der Waals surface area contributed by atoms with Crippen molar-refractivity contribution in [1.82, 2.24) is 9.97 Å². The van der Waals surface area contributed by atoms with Gasteiger partial charge in [0.25, 0.3) is 5.91 Å². The van der Waals surface area contributed by atoms with Crippen molar-refractivity contribution in [2.75, 3.05) is 5.32 Å². The zero-order valence-corrected chi connectivity index (χ0v) is 16.1. The Kier molecular flexibility index (Phi) is 5.68. The normalized spacial score (nSPS) is 11.1. The van der Waals surface area contributed by atoms with Crippen LogP contribution in [0.1, 0.15) is 42.3 Å². The summed E-state index contributed by atoms with van der Waals surface area (Å²) >= 11 is 0. The highest BCUT2D eigenvalue weighted by molar-refractivity contribution is 6.04. The van der Waals surface area contributed by atoms with Crippen LogP contribution in [0.2, 0.25) is 0 Å². The molecule has 0 spiro atoms. The van der Waals surface area contributed by atoms with Crippen LogP contribution < -0.4 is 10.1 Å². The number of nitrogens with zero attached hydrogens (tertiary/aromatic N) is 2. The Bertz CT molecular complexity index is 969. The summed E-state index contributed by atoms with van der Waals surface area (Å²) in [5.74, 6) is -0.370. The van der Waals surface area contributed by atoms with Gasteiger partial charge in [0.05, 0.1) is 6.20 Å². The van der Waals surface area contributed by atoms with Crippen molar-refractivity contribution in [3.8, 4) is 5.88 Å². The summed E-state index contributed by atoms with van der Waals surface area (Å²) in [6.07, 6.45) is 4.47. The van der Waals surface area contributed by atoms with Gasteiger partial charge in [0.2, 0.25) is 5.88 Å². The van der Waals surface area contributed by atoms with Gasteiger partial charge in [-0.15, -0.1) is 0 Å². The van der Waals surface area contributed by atoms with E-state index in [0.29, 0.717) is 22.7 Å². The lowest BCUT2D eigenvalue weighted by Crippen LogP contribution is -2.16. The second-order valence-electron chi connectivity index (χ2n) is 7.42. The summed E-state index contributed by atoms with van der Waals surface area (Å²) in [5, 5.41) is 2.81. The fourth-order valence-corrected chi connectivity index (χ4v) is 2.60. The quantitative estimate of drug-likeness (QED) is 0.695. The van der Waals surface area contributed by atoms with Crippen molar-refractivity contribution < 1.29 is 13.9 Å². The highest BCUT2D eigenvalue weighted by Gasteiger charge is 2.16. The van der Waals surface area contributed by atoms with E-state index in [2.05, 4.69) is 36.1 Å². The molecule has 3 rings (SSSR count). The van der Waals surface area contributed by atoms with Crippen LogP contribution in [-0.2, 0) is 12.0 Å². The maximum atomic E-state index is 14.1. The van der Waals surface area contributed by atoms with E-state index in [1.54, 1.807) is 12.1 Å². The van der Waals surface area contributed by atoms with Crippen LogP contribution in [0, 0.1) is 5.82 Å². The minimum atomic E-state index is -0.420. The monoisotopic (exact) mass is 379 g/mol. The summed E-state index contributed by atoms with van der Waals surface area (Å²) in [7, 11) is 0. The van der Waals surface area contributed by atoms with Gasteiger partial charge < -0.3 is 10.1 Å². The topological polar surface area (TPSA) is 64.1 Å². The summed E-state index contributed by atoms with van der Waals surface area (Å²) in [6, 6.07) is 11.9. The largest absolute Gasteiger partial charge is 0.472 e. The number of aromatic nitrogens is 2. The molecule has 0 radical (unpaired) electrons. The second-order valence-corrected chi connectivity index (χ2v) is 7.42. The molecule has 5 nitrogen and oxygen atoms in total. The van der Waals surface area contributed by atoms with E-state index in [1.165, 1.54) is 30.7 Å². The number of hydrogen-bond donors (Lipinski definition) is 1. The van der Waals surface area contributed by atoms with Crippen LogP contribution in [0.3, 0.4) is 0 Å². The molecular formula is C22H22FN3O2. The SMILES string of the molecule is CC(C)(C)c1cccc(C(=O)Nc2ccc(F)c(COc3cnccn3)c2)c1. The Balaban J connectivity index is 1.73. The number of hydrogen-bond acceptors (Lipinski definition) is 4. The number of carbonyl (C=O) groups excluding carboxylic acids is 1. The van der Waals surface area contributed by atoms with Gasteiger partial charge in [0.15, 0.2) is 0 Å². The Hall–Kier alpha value is -3.28. The first-order valence-corrected chi connectivity index (χ1v) is 8.92. The molecule has 0 bridgehead atoms. The maximum absolute atomic E-state index is 14.1. The molecule has 1 amide bonds. The van der Waals surface area contributed by atoms with E-state index in [9.17, 15) is 9.18 Å². The Morgan fingerprint density at radius 1 is 1.14 bits per heavy atom. The van der Waals surface area contributed by atoms with E-state index in [4.69, 9.17) is 4.74 Å². The first kappa shape index (κ1) is 19.5. The smallest absolute Gasteiger partial charge is 0.255 e. The molecule has 3 aromatic rings. The Morgan fingerprint density at radius 2 is 1.96 bits per heavy atom. The minimum Gasteiger partial charge on any atom is -0.472 e. The Labute approximate surface area is 163 Å². The third kappa shape index (κ3) is 4.91. The van der Waals surface area contributed by atoms with Crippen molar-refractivity contribution in [2.45, 2.75) is 32.8 Å². The highest BCUT2D eigenvalue weighted by Crippen LogP contribution is 2.23. The van der Waals surface area contributed by atoms with Crippen molar-refractivity contribution in [3.63, 3.8) is 0 Å². The summed E-state index contributed by atoms with van der Waals surface area (Å²) in [6.45, 7) is 6.25. The van der Waals surface area contributed by atoms with Crippen LogP contribution >= 0.6 is 0 Å². The molecule has 0 saturated heterocycles. The number of amides is 1. The number of rotatable bonds is 5. The zero-order chi connectivity index (χ0) is 20.1. The van der Waals surface area contributed by atoms with Gasteiger partial charge in [-0.05, 0) is 41.3 Å². The second kappa shape index (κ2) is 8.17. The summed E-state index contributed by atoms with van der Waals surface area (Å²) in [5.41, 5.74) is 2.36. The van der Waals surface area contributed by atoms with Crippen molar-refractivity contribution in [1.29, 1.82) is 0 Å². The van der Waals surface area contributed by atoms with Crippen LogP contribution in [0.5, 0.6) is 5.88 Å². The number of anilines is 1. The van der Waals surface area contributed by atoms with Gasteiger partial charge in [-0.2, -0.15) is 0 Å². The molecule has 28 heavy (non-hydrogen) atoms. The van der Waals surface area contributed by atoms with E-state index in [1.807, 2.05) is 18.2 Å². The molecule has 0 unspecified atom stereocenters. The molecule has 0 aliphatic rings. The van der Waals surface area contributed by atoms with Gasteiger partial charge in [-0.3, -0.25) is 9.78 Å². The summed E-state index contributed by atoms with van der Waals surface area (Å²) < 4.78 is 19.5. The lowest BCUT2D eigenvalue weighted by Gasteiger charge is -2.19. The molecule has 1 aromatic heterocycles. The van der Waals surface area contributed by atoms with Gasteiger partial charge in [-0.25, -0.2) is 9.37 Å². The number of nitrogens with one attached hydrogen (secondary N) is 1. The number of halogens is 1. The predicted octanol–water partition coefficient (Wildman–Crippen LogP) is 4.74. The minimum absolute atomic E-state index is 0.0201. The van der Waals surface area contributed by atoms with E-state index < -0.39 is 5.82 Å². The standard InChI is InChI=1S/C22H22FN3O2/c1-22(2,3)17-6-4-5-15(11-17)21(27)26-18-7-8-19(23)16(12-18)14-28-20-13-24-9-10-25-20/h4-13H,14H2,1-3H3,(H,26,27). The fourth-order valence-electron chi connectivity index (χ4n) is 2.60. The third-order valence-corrected chi connectivity index (χ3v) is 4.21. The first-order chi connectivity index (χ1) is 13.3. The molecule has 144 valence electrons. The summed E-state index contributed by atoms with van der Waals surface area (Å²) in [4.78, 5) is 20.5. The number of benzene rings is 2. The van der Waals surface area contributed by atoms with Crippen LogP contribution in [0.15, 0.2) is 61.1 Å². The average molecular weight is 379 g/mol. The lowest BCUT2D eigenvalue weighted by molar-refractivity contribution is 0.102. The number of ether oxygens (including phenoxy) is 1. The first-order valence-electron chi connectivity index (χ1n) is 8.92. The van der Waals surface area contributed by atoms with Gasteiger partial charge in [-0.1, -0.05) is 32.9 Å². The van der Waals surface area contributed by atoms with Gasteiger partial charge >= 0.3 is 0 Å². The Morgan fingerprint density at radius 3 is 2.68 bits per heavy atom. The molecule has 0 saturated carbocycles. The van der Waals surface area contributed by atoms with Crippen LogP contribution in [0.4, 0.5) is 10.1 Å². The highest BCUT2D eigenvalue weighted by atomic mass is 19.1. The fraction of sp³-hybridized carbons (Fsp3) is 0.227. The molecule has 0 atom stereocenters. The van der Waals surface area contributed by atoms with Crippen LogP contribution in [-0.4, -0.2) is 15.9 Å². The molecular weight excluding hydrogens is 357 g/mol. The molecule has 0 aliphatic heterocycles. The molecule has 0 fully saturated rings. The molecule has 2 aromatic carbocycles. The third-order valence-electron chi connectivity index (χ3n) is 4.21. The average Bonchev–Trinajstić information content (AvgIpc) is 2.68. The van der Waals surface area contributed by atoms with Gasteiger partial charge in [0, 0.05) is 29.2 Å². The van der Waals surface area contributed by atoms with E-state index >= 15 is 0 Å². The lowest BCUT2D eigenvalue weighted by atomic mass is 9.86. The maximum Gasteiger partial charge on any atom is 0.255 e. The van der Waals surface area contributed by atoms with Crippen LogP contribution in [0.25, 0.3) is 0 Å². The number of carbonyl (C=O) groups is 1. The zero-order valence-electron chi connectivity index (χ0n) is 16.1. The van der Waals surface area contributed by atoms with Crippen molar-refractivity contribution >= 4 is 11.6 Å². The van der Waals surface area contributed by atoms with E-state index in [0.717, 1.165) is 5.56 Å². The van der Waals surface area contributed by atoms with Gasteiger partial charge in [0.1, 0.15) is 12.4 Å². The molecule has 1 N–H and O–H groups in total. The molecule has 6 heteroatoms. The molecule has 1 heterocycles. The van der Waals surface area contributed by atoms with Crippen molar-refractivity contribution in [3.05, 3.63) is 83.6 Å². The van der Waals surface area contributed by atoms with E-state index in [-0.39, 0.29) is 17.9 Å². The van der Waals surface area contributed by atoms with Crippen molar-refractivity contribution in [2.24, 2.45) is 0 Å². The predicted molar refractivity (Wildman–Crippen MR) is 106 cm³/mol. The molecule has 0 aliphatic carbocycles.